The molecule has 0 aromatic heterocycles. The first-order chi connectivity index (χ1) is 7.86. The van der Waals surface area contributed by atoms with E-state index in [0.717, 1.165) is 12.8 Å². The lowest BCUT2D eigenvalue weighted by Gasteiger charge is -2.03. The Balaban J connectivity index is 2.12. The summed E-state index contributed by atoms with van der Waals surface area (Å²) in [6.45, 7) is 6.07. The molecule has 0 fully saturated rings. The highest BCUT2D eigenvalue weighted by Crippen LogP contribution is 2.11. The Kier molecular flexibility index (Phi) is 6.96. The third-order valence-corrected chi connectivity index (χ3v) is 3.15. The molecule has 0 atom stereocenters. The maximum atomic E-state index is 3.87. The molecule has 0 nitrogen and oxygen atoms in total. The van der Waals surface area contributed by atoms with E-state index >= 15 is 0 Å². The standard InChI is InChI=1S/C16H25/c1-3-5-6-7-8-9-10-16-13-11-15(4-2)12-14-16/h11-14H,1,3-10H2,2H3. The van der Waals surface area contributed by atoms with Crippen LogP contribution in [0.2, 0.25) is 0 Å². The van der Waals surface area contributed by atoms with Gasteiger partial charge in [0, 0.05) is 0 Å². The van der Waals surface area contributed by atoms with Crippen molar-refractivity contribution in [2.24, 2.45) is 0 Å². The van der Waals surface area contributed by atoms with Gasteiger partial charge in [0.15, 0.2) is 0 Å². The molecule has 1 radical (unpaired) electrons. The van der Waals surface area contributed by atoms with E-state index in [0.29, 0.717) is 0 Å². The molecule has 0 aliphatic carbocycles. The molecule has 0 bridgehead atoms. The van der Waals surface area contributed by atoms with Crippen LogP contribution in [0.3, 0.4) is 0 Å². The van der Waals surface area contributed by atoms with Crippen molar-refractivity contribution in [1.29, 1.82) is 0 Å². The van der Waals surface area contributed by atoms with Crippen molar-refractivity contribution in [3.63, 3.8) is 0 Å². The van der Waals surface area contributed by atoms with Gasteiger partial charge >= 0.3 is 0 Å². The predicted molar refractivity (Wildman–Crippen MR) is 72.6 cm³/mol. The fraction of sp³-hybridized carbons (Fsp3) is 0.562. The van der Waals surface area contributed by atoms with Crippen LogP contribution in [0.4, 0.5) is 0 Å². The first-order valence-corrected chi connectivity index (χ1v) is 6.74. The molecule has 89 valence electrons. The van der Waals surface area contributed by atoms with Crippen LogP contribution >= 0.6 is 0 Å². The van der Waals surface area contributed by atoms with Crippen LogP contribution in [0.15, 0.2) is 24.3 Å². The molecule has 0 saturated heterocycles. The van der Waals surface area contributed by atoms with Gasteiger partial charge in [-0.25, -0.2) is 0 Å². The van der Waals surface area contributed by atoms with Crippen molar-refractivity contribution in [3.05, 3.63) is 42.3 Å². The van der Waals surface area contributed by atoms with Crippen LogP contribution in [0, 0.1) is 6.92 Å². The molecule has 0 N–H and O–H groups in total. The van der Waals surface area contributed by atoms with Gasteiger partial charge in [-0.05, 0) is 30.4 Å². The van der Waals surface area contributed by atoms with Gasteiger partial charge in [0.2, 0.25) is 0 Å². The van der Waals surface area contributed by atoms with Gasteiger partial charge in [-0.1, -0.05) is 70.2 Å². The molecule has 0 heterocycles. The number of unbranched alkanes of at least 4 members (excludes halogenated alkanes) is 5. The Morgan fingerprint density at radius 2 is 1.38 bits per heavy atom. The largest absolute Gasteiger partial charge is 0.0613 e. The zero-order valence-corrected chi connectivity index (χ0v) is 10.7. The lowest BCUT2D eigenvalue weighted by atomic mass is 10.0. The second kappa shape index (κ2) is 8.38. The monoisotopic (exact) mass is 217 g/mol. The minimum atomic E-state index is 1.10. The highest BCUT2D eigenvalue weighted by molar-refractivity contribution is 5.22. The van der Waals surface area contributed by atoms with Crippen LogP contribution in [0.1, 0.15) is 56.6 Å². The molecule has 0 unspecified atom stereocenters. The third kappa shape index (κ3) is 5.34. The van der Waals surface area contributed by atoms with E-state index in [4.69, 9.17) is 0 Å². The van der Waals surface area contributed by atoms with Crippen LogP contribution in [0.25, 0.3) is 0 Å². The molecule has 0 heteroatoms. The van der Waals surface area contributed by atoms with E-state index in [9.17, 15) is 0 Å². The molecular formula is C16H25. The summed E-state index contributed by atoms with van der Waals surface area (Å²) < 4.78 is 0. The Labute approximate surface area is 101 Å². The highest BCUT2D eigenvalue weighted by Gasteiger charge is 1.94. The summed E-state index contributed by atoms with van der Waals surface area (Å²) in [6, 6.07) is 9.10. The Morgan fingerprint density at radius 3 is 2.00 bits per heavy atom. The first kappa shape index (κ1) is 13.3. The van der Waals surface area contributed by atoms with Gasteiger partial charge in [0.05, 0.1) is 0 Å². The average molecular weight is 217 g/mol. The van der Waals surface area contributed by atoms with E-state index in [1.807, 2.05) is 0 Å². The van der Waals surface area contributed by atoms with Crippen molar-refractivity contribution in [1.82, 2.24) is 0 Å². The maximum absolute atomic E-state index is 3.87. The molecule has 0 saturated carbocycles. The van der Waals surface area contributed by atoms with Crippen molar-refractivity contribution in [2.75, 3.05) is 0 Å². The zero-order chi connectivity index (χ0) is 11.6. The van der Waals surface area contributed by atoms with E-state index in [2.05, 4.69) is 38.1 Å². The average Bonchev–Trinajstić information content (AvgIpc) is 2.34. The summed E-state index contributed by atoms with van der Waals surface area (Å²) in [5.74, 6) is 0. The summed E-state index contributed by atoms with van der Waals surface area (Å²) >= 11 is 0. The van der Waals surface area contributed by atoms with E-state index in [1.54, 1.807) is 0 Å². The van der Waals surface area contributed by atoms with Crippen LogP contribution < -0.4 is 0 Å². The molecule has 1 aromatic carbocycles. The number of hydrogen-bond donors (Lipinski definition) is 0. The molecule has 0 aliphatic rings. The molecular weight excluding hydrogens is 192 g/mol. The summed E-state index contributed by atoms with van der Waals surface area (Å²) in [7, 11) is 0. The number of hydrogen-bond acceptors (Lipinski definition) is 0. The quantitative estimate of drug-likeness (QED) is 0.539. The van der Waals surface area contributed by atoms with Gasteiger partial charge in [0.25, 0.3) is 0 Å². The van der Waals surface area contributed by atoms with Gasteiger partial charge in [-0.2, -0.15) is 0 Å². The minimum Gasteiger partial charge on any atom is -0.0613 e. The number of benzene rings is 1. The van der Waals surface area contributed by atoms with E-state index in [-0.39, 0.29) is 0 Å². The van der Waals surface area contributed by atoms with Crippen molar-refractivity contribution in [3.8, 4) is 0 Å². The topological polar surface area (TPSA) is 0 Å². The van der Waals surface area contributed by atoms with Crippen molar-refractivity contribution in [2.45, 2.75) is 58.3 Å². The second-order valence-corrected chi connectivity index (χ2v) is 4.54. The summed E-state index contributed by atoms with van der Waals surface area (Å²) in [4.78, 5) is 0. The van der Waals surface area contributed by atoms with Crippen LogP contribution in [-0.2, 0) is 12.8 Å². The first-order valence-electron chi connectivity index (χ1n) is 6.74. The number of rotatable bonds is 8. The molecule has 0 aliphatic heterocycles. The van der Waals surface area contributed by atoms with Gasteiger partial charge < -0.3 is 0 Å². The second-order valence-electron chi connectivity index (χ2n) is 4.54. The summed E-state index contributed by atoms with van der Waals surface area (Å²) in [5, 5.41) is 0. The van der Waals surface area contributed by atoms with Crippen LogP contribution in [0.5, 0.6) is 0 Å². The smallest absolute Gasteiger partial charge is 0.0279 e. The highest BCUT2D eigenvalue weighted by atomic mass is 14.0. The molecule has 0 spiro atoms. The summed E-state index contributed by atoms with van der Waals surface area (Å²) in [5.41, 5.74) is 2.94. The molecule has 0 amide bonds. The Bertz CT molecular complexity index is 258. The lowest BCUT2D eigenvalue weighted by Crippen LogP contribution is -1.87. The lowest BCUT2D eigenvalue weighted by molar-refractivity contribution is 0.617. The molecule has 1 rings (SSSR count). The van der Waals surface area contributed by atoms with Gasteiger partial charge in [0.1, 0.15) is 0 Å². The Hall–Kier alpha value is -0.780. The van der Waals surface area contributed by atoms with Crippen molar-refractivity contribution < 1.29 is 0 Å². The van der Waals surface area contributed by atoms with E-state index < -0.39 is 0 Å². The Morgan fingerprint density at radius 1 is 0.812 bits per heavy atom. The fourth-order valence-corrected chi connectivity index (χ4v) is 1.98. The maximum Gasteiger partial charge on any atom is -0.0279 e. The predicted octanol–water partition coefficient (Wildman–Crippen LogP) is 4.97. The van der Waals surface area contributed by atoms with Crippen molar-refractivity contribution >= 4 is 0 Å². The minimum absolute atomic E-state index is 1.10. The van der Waals surface area contributed by atoms with Crippen LogP contribution in [-0.4, -0.2) is 0 Å². The van der Waals surface area contributed by atoms with Gasteiger partial charge in [-0.3, -0.25) is 0 Å². The van der Waals surface area contributed by atoms with Gasteiger partial charge in [-0.15, -0.1) is 0 Å². The normalized spacial score (nSPS) is 10.6. The molecule has 1 aromatic rings. The number of aryl methyl sites for hydroxylation is 2. The zero-order valence-electron chi connectivity index (χ0n) is 10.7. The fourth-order valence-electron chi connectivity index (χ4n) is 1.98. The van der Waals surface area contributed by atoms with E-state index in [1.165, 1.54) is 49.7 Å². The third-order valence-electron chi connectivity index (χ3n) is 3.15. The summed E-state index contributed by atoms with van der Waals surface area (Å²) in [6.07, 6.45) is 10.2. The molecule has 16 heavy (non-hydrogen) atoms. The SMILES string of the molecule is [CH2]CCCCCCCc1ccc(CC)cc1.